The van der Waals surface area contributed by atoms with Crippen LogP contribution >= 0.6 is 0 Å². The topological polar surface area (TPSA) is 60.7 Å². The monoisotopic (exact) mass is 402 g/mol. The molecule has 0 radical (unpaired) electrons. The van der Waals surface area contributed by atoms with E-state index in [0.717, 1.165) is 35.8 Å². The van der Waals surface area contributed by atoms with Crippen LogP contribution < -0.4 is 0 Å². The number of rotatable bonds is 7. The third-order valence-corrected chi connectivity index (χ3v) is 8.31. The van der Waals surface area contributed by atoms with Gasteiger partial charge in [0.2, 0.25) is 0 Å². The average molecular weight is 403 g/mol. The summed E-state index contributed by atoms with van der Waals surface area (Å²) in [5.74, 6) is 2.22. The second-order valence-corrected chi connectivity index (χ2v) is 10.2. The lowest BCUT2D eigenvalue weighted by Crippen LogP contribution is -2.36. The van der Waals surface area contributed by atoms with E-state index in [9.17, 15) is 10.2 Å². The molecule has 0 amide bonds. The van der Waals surface area contributed by atoms with E-state index in [0.29, 0.717) is 30.8 Å². The molecule has 0 aromatic carbocycles. The van der Waals surface area contributed by atoms with Gasteiger partial charge in [0.05, 0.1) is 12.2 Å². The van der Waals surface area contributed by atoms with Crippen LogP contribution in [0.2, 0.25) is 0 Å². The van der Waals surface area contributed by atoms with Crippen molar-refractivity contribution in [3.63, 3.8) is 0 Å². The summed E-state index contributed by atoms with van der Waals surface area (Å²) in [5, 5.41) is 29.1. The Kier molecular flexibility index (Phi) is 7.81. The zero-order valence-corrected chi connectivity index (χ0v) is 18.6. The summed E-state index contributed by atoms with van der Waals surface area (Å²) < 4.78 is 0. The Morgan fingerprint density at radius 3 is 2.72 bits per heavy atom. The van der Waals surface area contributed by atoms with Crippen LogP contribution in [0, 0.1) is 23.2 Å². The van der Waals surface area contributed by atoms with E-state index in [1.807, 2.05) is 0 Å². The second kappa shape index (κ2) is 9.94. The molecule has 3 N–H and O–H groups in total. The van der Waals surface area contributed by atoms with E-state index < -0.39 is 12.2 Å². The van der Waals surface area contributed by atoms with Gasteiger partial charge in [0, 0.05) is 13.0 Å². The van der Waals surface area contributed by atoms with E-state index in [1.54, 1.807) is 5.57 Å². The number of aliphatic hydroxyl groups is 3. The Bertz CT molecular complexity index is 634. The van der Waals surface area contributed by atoms with Crippen LogP contribution in [-0.2, 0) is 0 Å². The molecular formula is C26H42O3. The van der Waals surface area contributed by atoms with Gasteiger partial charge in [0.15, 0.2) is 0 Å². The first-order valence-electron chi connectivity index (χ1n) is 11.9. The Labute approximate surface area is 177 Å². The van der Waals surface area contributed by atoms with Crippen molar-refractivity contribution in [1.82, 2.24) is 0 Å². The summed E-state index contributed by atoms with van der Waals surface area (Å²) >= 11 is 0. The average Bonchev–Trinajstić information content (AvgIpc) is 3.04. The van der Waals surface area contributed by atoms with E-state index in [4.69, 9.17) is 5.11 Å². The molecule has 3 aliphatic carbocycles. The first kappa shape index (κ1) is 22.8. The molecule has 0 aliphatic heterocycles. The van der Waals surface area contributed by atoms with Crippen molar-refractivity contribution in [2.24, 2.45) is 23.2 Å². The number of aliphatic hydroxyl groups excluding tert-OH is 3. The Balaban J connectivity index is 1.70. The van der Waals surface area contributed by atoms with Crippen molar-refractivity contribution in [3.8, 4) is 0 Å². The maximum Gasteiger partial charge on any atom is 0.0811 e. The number of hydrogen-bond acceptors (Lipinski definition) is 3. The van der Waals surface area contributed by atoms with E-state index in [1.165, 1.54) is 44.9 Å². The fourth-order valence-corrected chi connectivity index (χ4v) is 6.64. The normalized spacial score (nSPS) is 39.1. The molecule has 0 aromatic heterocycles. The van der Waals surface area contributed by atoms with Crippen LogP contribution in [0.15, 0.2) is 35.5 Å². The summed E-state index contributed by atoms with van der Waals surface area (Å²) in [6, 6.07) is 0. The molecule has 3 fully saturated rings. The van der Waals surface area contributed by atoms with Gasteiger partial charge < -0.3 is 15.3 Å². The molecule has 0 heterocycles. The highest BCUT2D eigenvalue weighted by atomic mass is 16.3. The Morgan fingerprint density at radius 1 is 1.17 bits per heavy atom. The molecule has 3 aliphatic rings. The Hall–Kier alpha value is -0.900. The molecule has 3 heteroatoms. The van der Waals surface area contributed by atoms with Gasteiger partial charge in [-0.1, -0.05) is 57.4 Å². The fraction of sp³-hybridized carbons (Fsp3) is 0.769. The lowest BCUT2D eigenvalue weighted by atomic mass is 9.60. The standard InChI is InChI=1S/C26H42O3/c1-18(8-5-4-6-15-27)23-12-13-24-20(9-7-14-26(23,24)3)10-11-21-16-22(28)17-25(29)19(21)2/h10-11,18,22-25,27-29H,2,4-9,12-17H2,1,3H3/b20-10+,21-11-/t18?,22-,23?,24+,25+,26-/m1/s1. The molecule has 6 atom stereocenters. The van der Waals surface area contributed by atoms with E-state index >= 15 is 0 Å². The van der Waals surface area contributed by atoms with Gasteiger partial charge in [-0.05, 0) is 79.3 Å². The SMILES string of the molecule is C=C1/C(=C\C=C2/CCC[C@]3(C)C(C(C)CCCCCO)CC[C@@H]23)C[C@@H](O)C[C@@H]1O. The van der Waals surface area contributed by atoms with Crippen molar-refractivity contribution in [2.45, 2.75) is 96.7 Å². The summed E-state index contributed by atoms with van der Waals surface area (Å²) in [6.07, 6.45) is 15.4. The van der Waals surface area contributed by atoms with Gasteiger partial charge in [-0.2, -0.15) is 0 Å². The fourth-order valence-electron chi connectivity index (χ4n) is 6.64. The molecule has 3 saturated carbocycles. The van der Waals surface area contributed by atoms with Crippen LogP contribution in [0.5, 0.6) is 0 Å². The van der Waals surface area contributed by atoms with E-state index in [-0.39, 0.29) is 0 Å². The van der Waals surface area contributed by atoms with Crippen LogP contribution in [0.4, 0.5) is 0 Å². The number of fused-ring (bicyclic) bond motifs is 1. The minimum absolute atomic E-state index is 0.321. The van der Waals surface area contributed by atoms with Gasteiger partial charge >= 0.3 is 0 Å². The summed E-state index contributed by atoms with van der Waals surface area (Å²) in [5.41, 5.74) is 3.78. The van der Waals surface area contributed by atoms with Crippen molar-refractivity contribution in [3.05, 3.63) is 35.5 Å². The van der Waals surface area contributed by atoms with Crippen LogP contribution in [0.1, 0.15) is 84.5 Å². The highest BCUT2D eigenvalue weighted by molar-refractivity contribution is 5.38. The number of unbranched alkanes of at least 4 members (excludes halogenated alkanes) is 2. The second-order valence-electron chi connectivity index (χ2n) is 10.2. The van der Waals surface area contributed by atoms with Crippen molar-refractivity contribution in [2.75, 3.05) is 6.61 Å². The van der Waals surface area contributed by atoms with Crippen LogP contribution in [-0.4, -0.2) is 34.1 Å². The molecule has 3 rings (SSSR count). The minimum Gasteiger partial charge on any atom is -0.396 e. The third kappa shape index (κ3) is 5.06. The Morgan fingerprint density at radius 2 is 1.97 bits per heavy atom. The van der Waals surface area contributed by atoms with Gasteiger partial charge in [-0.15, -0.1) is 0 Å². The van der Waals surface area contributed by atoms with Gasteiger partial charge in [-0.25, -0.2) is 0 Å². The van der Waals surface area contributed by atoms with E-state index in [2.05, 4.69) is 32.6 Å². The minimum atomic E-state index is -0.609. The van der Waals surface area contributed by atoms with Crippen molar-refractivity contribution in [1.29, 1.82) is 0 Å². The molecule has 29 heavy (non-hydrogen) atoms. The van der Waals surface area contributed by atoms with Gasteiger partial charge in [0.25, 0.3) is 0 Å². The number of allylic oxidation sites excluding steroid dienone is 3. The van der Waals surface area contributed by atoms with Crippen molar-refractivity contribution < 1.29 is 15.3 Å². The smallest absolute Gasteiger partial charge is 0.0811 e. The number of hydrogen-bond donors (Lipinski definition) is 3. The first-order valence-corrected chi connectivity index (χ1v) is 11.9. The molecule has 2 unspecified atom stereocenters. The highest BCUT2D eigenvalue weighted by Gasteiger charge is 2.50. The maximum atomic E-state index is 10.1. The molecule has 0 aromatic rings. The molecular weight excluding hydrogens is 360 g/mol. The van der Waals surface area contributed by atoms with Crippen LogP contribution in [0.25, 0.3) is 0 Å². The predicted molar refractivity (Wildman–Crippen MR) is 119 cm³/mol. The first-order chi connectivity index (χ1) is 13.9. The van der Waals surface area contributed by atoms with Crippen LogP contribution in [0.3, 0.4) is 0 Å². The molecule has 0 bridgehead atoms. The predicted octanol–water partition coefficient (Wildman–Crippen LogP) is 5.32. The summed E-state index contributed by atoms with van der Waals surface area (Å²) in [7, 11) is 0. The quantitative estimate of drug-likeness (QED) is 0.505. The maximum absolute atomic E-state index is 10.1. The molecule has 0 saturated heterocycles. The zero-order chi connectivity index (χ0) is 21.0. The molecule has 164 valence electrons. The van der Waals surface area contributed by atoms with Gasteiger partial charge in [-0.3, -0.25) is 0 Å². The lowest BCUT2D eigenvalue weighted by Gasteiger charge is -2.44. The summed E-state index contributed by atoms with van der Waals surface area (Å²) in [6.45, 7) is 9.36. The molecule has 3 nitrogen and oxygen atoms in total. The van der Waals surface area contributed by atoms with Crippen molar-refractivity contribution >= 4 is 0 Å². The molecule has 0 spiro atoms. The van der Waals surface area contributed by atoms with Gasteiger partial charge in [0.1, 0.15) is 0 Å². The highest BCUT2D eigenvalue weighted by Crippen LogP contribution is 2.59. The summed E-state index contributed by atoms with van der Waals surface area (Å²) in [4.78, 5) is 0. The third-order valence-electron chi connectivity index (χ3n) is 8.31. The largest absolute Gasteiger partial charge is 0.396 e. The zero-order valence-electron chi connectivity index (χ0n) is 18.6. The lowest BCUT2D eigenvalue weighted by molar-refractivity contribution is 0.0861.